The van der Waals surface area contributed by atoms with Crippen LogP contribution in [-0.4, -0.2) is 40.4 Å². The Kier molecular flexibility index (Phi) is 4.31. The van der Waals surface area contributed by atoms with E-state index in [-0.39, 0.29) is 6.10 Å². The van der Waals surface area contributed by atoms with Crippen molar-refractivity contribution in [2.45, 2.75) is 19.4 Å². The van der Waals surface area contributed by atoms with E-state index in [0.717, 1.165) is 24.4 Å². The number of hydrogen-bond donors (Lipinski definition) is 1. The number of benzene rings is 1. The molecule has 1 aliphatic heterocycles. The van der Waals surface area contributed by atoms with Crippen molar-refractivity contribution in [3.63, 3.8) is 0 Å². The van der Waals surface area contributed by atoms with Crippen molar-refractivity contribution in [3.05, 3.63) is 24.3 Å². The molecule has 0 aromatic heterocycles. The van der Waals surface area contributed by atoms with Crippen molar-refractivity contribution < 1.29 is 13.2 Å². The highest BCUT2D eigenvalue weighted by Gasteiger charge is 2.23. The van der Waals surface area contributed by atoms with Crippen molar-refractivity contribution in [3.8, 4) is 5.75 Å². The number of nitrogens with zero attached hydrogens (tertiary/aromatic N) is 1. The molecule has 0 unspecified atom stereocenters. The summed E-state index contributed by atoms with van der Waals surface area (Å²) in [6.07, 6.45) is 2.27. The Balaban J connectivity index is 2.07. The van der Waals surface area contributed by atoms with Crippen LogP contribution in [0.4, 0.5) is 5.69 Å². The van der Waals surface area contributed by atoms with Crippen molar-refractivity contribution in [1.82, 2.24) is 4.72 Å². The second-order valence-corrected chi connectivity index (χ2v) is 6.56. The van der Waals surface area contributed by atoms with Crippen molar-refractivity contribution in [2.75, 3.05) is 30.8 Å². The molecule has 1 heterocycles. The van der Waals surface area contributed by atoms with Crippen LogP contribution in [0.1, 0.15) is 13.3 Å². The van der Waals surface area contributed by atoms with Crippen LogP contribution < -0.4 is 14.4 Å². The lowest BCUT2D eigenvalue weighted by molar-refractivity contribution is 0.189. The number of rotatable bonds is 5. The predicted molar refractivity (Wildman–Crippen MR) is 76.2 cm³/mol. The fourth-order valence-electron chi connectivity index (χ4n) is 2.17. The Hall–Kier alpha value is -1.27. The minimum absolute atomic E-state index is 0.160. The summed E-state index contributed by atoms with van der Waals surface area (Å²) >= 11 is 0. The molecule has 2 rings (SSSR count). The summed E-state index contributed by atoms with van der Waals surface area (Å²) in [6, 6.07) is 7.87. The first kappa shape index (κ1) is 14.1. The maximum atomic E-state index is 11.1. The number of nitrogens with one attached hydrogen (secondary N) is 1. The average Bonchev–Trinajstić information content (AvgIpc) is 2.37. The van der Waals surface area contributed by atoms with Gasteiger partial charge in [0.1, 0.15) is 11.9 Å². The van der Waals surface area contributed by atoms with E-state index in [1.165, 1.54) is 6.26 Å². The highest BCUT2D eigenvalue weighted by molar-refractivity contribution is 7.88. The average molecular weight is 284 g/mol. The molecule has 0 amide bonds. The molecule has 0 fully saturated rings. The molecule has 1 atom stereocenters. The Morgan fingerprint density at radius 3 is 2.84 bits per heavy atom. The second kappa shape index (κ2) is 5.79. The maximum absolute atomic E-state index is 11.1. The van der Waals surface area contributed by atoms with Crippen LogP contribution >= 0.6 is 0 Å². The smallest absolute Gasteiger partial charge is 0.208 e. The summed E-state index contributed by atoms with van der Waals surface area (Å²) in [5.41, 5.74) is 1.03. The Labute approximate surface area is 114 Å². The molecule has 0 aliphatic carbocycles. The van der Waals surface area contributed by atoms with E-state index in [9.17, 15) is 8.42 Å². The van der Waals surface area contributed by atoms with Crippen LogP contribution in [0, 0.1) is 0 Å². The molecular weight excluding hydrogens is 264 g/mol. The van der Waals surface area contributed by atoms with Gasteiger partial charge in [0.15, 0.2) is 0 Å². The van der Waals surface area contributed by atoms with E-state index in [2.05, 4.69) is 16.5 Å². The third-order valence-corrected chi connectivity index (χ3v) is 3.85. The largest absolute Gasteiger partial charge is 0.486 e. The van der Waals surface area contributed by atoms with Crippen LogP contribution in [0.3, 0.4) is 0 Å². The molecule has 0 saturated carbocycles. The van der Waals surface area contributed by atoms with Gasteiger partial charge in [-0.05, 0) is 18.6 Å². The zero-order chi connectivity index (χ0) is 13.9. The quantitative estimate of drug-likeness (QED) is 0.883. The minimum atomic E-state index is -3.13. The van der Waals surface area contributed by atoms with Crippen LogP contribution in [-0.2, 0) is 10.0 Å². The second-order valence-electron chi connectivity index (χ2n) is 4.73. The standard InChI is InChI=1S/C13H20N2O3S/c1-3-11-10-15(9-8-14-19(2,16)17)12-6-4-5-7-13(12)18-11/h4-7,11,14H,3,8-10H2,1-2H3/t11-/m0/s1. The minimum Gasteiger partial charge on any atom is -0.486 e. The summed E-state index contributed by atoms with van der Waals surface area (Å²) in [5.74, 6) is 0.875. The maximum Gasteiger partial charge on any atom is 0.208 e. The molecule has 0 radical (unpaired) electrons. The number of fused-ring (bicyclic) bond motifs is 1. The highest BCUT2D eigenvalue weighted by Crippen LogP contribution is 2.33. The number of para-hydroxylation sites is 2. The molecular formula is C13H20N2O3S. The van der Waals surface area contributed by atoms with E-state index in [1.54, 1.807) is 0 Å². The van der Waals surface area contributed by atoms with E-state index in [0.29, 0.717) is 13.1 Å². The third-order valence-electron chi connectivity index (χ3n) is 3.12. The van der Waals surface area contributed by atoms with Crippen molar-refractivity contribution in [1.29, 1.82) is 0 Å². The van der Waals surface area contributed by atoms with Gasteiger partial charge in [0.2, 0.25) is 10.0 Å². The summed E-state index contributed by atoms with van der Waals surface area (Å²) in [5, 5.41) is 0. The fourth-order valence-corrected chi connectivity index (χ4v) is 2.63. The van der Waals surface area contributed by atoms with Crippen LogP contribution in [0.5, 0.6) is 5.75 Å². The van der Waals surface area contributed by atoms with Gasteiger partial charge in [0.25, 0.3) is 0 Å². The molecule has 1 aliphatic rings. The third kappa shape index (κ3) is 3.84. The molecule has 0 bridgehead atoms. The molecule has 1 aromatic carbocycles. The van der Waals surface area contributed by atoms with E-state index in [4.69, 9.17) is 4.74 Å². The van der Waals surface area contributed by atoms with E-state index < -0.39 is 10.0 Å². The van der Waals surface area contributed by atoms with Gasteiger partial charge in [-0.3, -0.25) is 0 Å². The van der Waals surface area contributed by atoms with Gasteiger partial charge >= 0.3 is 0 Å². The highest BCUT2D eigenvalue weighted by atomic mass is 32.2. The summed E-state index contributed by atoms with van der Waals surface area (Å²) in [4.78, 5) is 2.17. The molecule has 19 heavy (non-hydrogen) atoms. The fraction of sp³-hybridized carbons (Fsp3) is 0.538. The molecule has 5 nitrogen and oxygen atoms in total. The van der Waals surface area contributed by atoms with Gasteiger partial charge in [-0.15, -0.1) is 0 Å². The van der Waals surface area contributed by atoms with Gasteiger partial charge in [0, 0.05) is 13.1 Å². The number of hydrogen-bond acceptors (Lipinski definition) is 4. The summed E-state index contributed by atoms with van der Waals surface area (Å²) in [6.45, 7) is 3.93. The first-order chi connectivity index (χ1) is 8.99. The normalized spacial score (nSPS) is 18.8. The molecule has 0 saturated heterocycles. The van der Waals surface area contributed by atoms with Crippen LogP contribution in [0.25, 0.3) is 0 Å². The van der Waals surface area contributed by atoms with E-state index in [1.807, 2.05) is 24.3 Å². The Morgan fingerprint density at radius 2 is 2.16 bits per heavy atom. The monoisotopic (exact) mass is 284 g/mol. The van der Waals surface area contributed by atoms with Gasteiger partial charge in [0.05, 0.1) is 18.5 Å². The number of sulfonamides is 1. The summed E-state index contributed by atoms with van der Waals surface area (Å²) < 4.78 is 30.6. The molecule has 6 heteroatoms. The van der Waals surface area contributed by atoms with Crippen LogP contribution in [0.15, 0.2) is 24.3 Å². The zero-order valence-corrected chi connectivity index (χ0v) is 12.1. The summed E-state index contributed by atoms with van der Waals surface area (Å²) in [7, 11) is -3.13. The lowest BCUT2D eigenvalue weighted by Crippen LogP contribution is -2.43. The van der Waals surface area contributed by atoms with E-state index >= 15 is 0 Å². The van der Waals surface area contributed by atoms with Crippen LogP contribution in [0.2, 0.25) is 0 Å². The molecule has 106 valence electrons. The van der Waals surface area contributed by atoms with Gasteiger partial charge in [-0.2, -0.15) is 0 Å². The molecule has 1 aromatic rings. The van der Waals surface area contributed by atoms with Crippen molar-refractivity contribution in [2.24, 2.45) is 0 Å². The lowest BCUT2D eigenvalue weighted by Gasteiger charge is -2.36. The Bertz CT molecular complexity index is 530. The first-order valence-corrected chi connectivity index (χ1v) is 8.34. The number of anilines is 1. The predicted octanol–water partition coefficient (Wildman–Crippen LogP) is 1.21. The zero-order valence-electron chi connectivity index (χ0n) is 11.3. The molecule has 1 N–H and O–H groups in total. The first-order valence-electron chi connectivity index (χ1n) is 6.45. The molecule has 0 spiro atoms. The lowest BCUT2D eigenvalue weighted by atomic mass is 10.1. The van der Waals surface area contributed by atoms with Gasteiger partial charge in [-0.25, -0.2) is 13.1 Å². The van der Waals surface area contributed by atoms with Crippen molar-refractivity contribution >= 4 is 15.7 Å². The Morgan fingerprint density at radius 1 is 1.42 bits per heavy atom. The number of ether oxygens (including phenoxy) is 1. The SMILES string of the molecule is CC[C@H]1CN(CCNS(C)(=O)=O)c2ccccc2O1. The van der Waals surface area contributed by atoms with Gasteiger partial charge in [-0.1, -0.05) is 19.1 Å². The van der Waals surface area contributed by atoms with Gasteiger partial charge < -0.3 is 9.64 Å². The topological polar surface area (TPSA) is 58.6 Å².